The van der Waals surface area contributed by atoms with Crippen LogP contribution in [0.1, 0.15) is 0 Å². The van der Waals surface area contributed by atoms with Crippen LogP contribution in [0.2, 0.25) is 58.9 Å². The second-order valence-electron chi connectivity index (χ2n) is 7.17. The lowest BCUT2D eigenvalue weighted by molar-refractivity contribution is 0.141. The predicted molar refractivity (Wildman–Crippen MR) is 81.3 cm³/mol. The van der Waals surface area contributed by atoms with Gasteiger partial charge < -0.3 is 17.1 Å². The fourth-order valence-electron chi connectivity index (χ4n) is 1.22. The zero-order valence-corrected chi connectivity index (χ0v) is 16.7. The molecule has 0 saturated heterocycles. The van der Waals surface area contributed by atoms with Gasteiger partial charge in [-0.2, -0.15) is 0 Å². The van der Waals surface area contributed by atoms with Crippen LogP contribution < -0.4 is 0 Å². The fourth-order valence-corrected chi connectivity index (χ4v) is 12.1. The normalized spacial score (nSPS) is 15.2. The number of rotatable bonds is 6. The van der Waals surface area contributed by atoms with Crippen molar-refractivity contribution in [1.29, 1.82) is 0 Å². The summed E-state index contributed by atoms with van der Waals surface area (Å²) in [6, 6.07) is 0. The highest BCUT2D eigenvalue weighted by Crippen LogP contribution is 2.22. The van der Waals surface area contributed by atoms with Gasteiger partial charge in [0.25, 0.3) is 0 Å². The fraction of sp³-hybridized carbons (Fsp3) is 1.00. The Balaban J connectivity index is 4.95. The van der Waals surface area contributed by atoms with Crippen molar-refractivity contribution in [2.24, 2.45) is 0 Å². The van der Waals surface area contributed by atoms with Crippen molar-refractivity contribution in [3.63, 3.8) is 0 Å². The molecule has 0 rings (SSSR count). The van der Waals surface area contributed by atoms with E-state index < -0.39 is 34.0 Å². The molecule has 0 spiro atoms. The zero-order chi connectivity index (χ0) is 14.1. The SMILES string of the molecule is C[Si](C)(C)O[Si](O)(O[Si](C)(C)C)O[Si](C)(C)C. The van der Waals surface area contributed by atoms with E-state index in [0.717, 1.165) is 0 Å². The third kappa shape index (κ3) is 10.3. The summed E-state index contributed by atoms with van der Waals surface area (Å²) in [5, 5.41) is 0. The van der Waals surface area contributed by atoms with Crippen molar-refractivity contribution in [3.8, 4) is 0 Å². The van der Waals surface area contributed by atoms with Crippen molar-refractivity contribution in [2.45, 2.75) is 58.9 Å². The average molecular weight is 313 g/mol. The number of hydrogen-bond acceptors (Lipinski definition) is 4. The van der Waals surface area contributed by atoms with Gasteiger partial charge in [0.1, 0.15) is 0 Å². The van der Waals surface area contributed by atoms with Crippen molar-refractivity contribution in [2.75, 3.05) is 0 Å². The molecule has 0 fully saturated rings. The van der Waals surface area contributed by atoms with E-state index in [1.807, 2.05) is 58.9 Å². The highest BCUT2D eigenvalue weighted by Gasteiger charge is 2.50. The molecule has 8 heteroatoms. The van der Waals surface area contributed by atoms with Crippen LogP contribution in [0, 0.1) is 0 Å². The molecule has 0 aliphatic heterocycles. The van der Waals surface area contributed by atoms with Crippen molar-refractivity contribution in [1.82, 2.24) is 0 Å². The summed E-state index contributed by atoms with van der Waals surface area (Å²) in [4.78, 5) is 10.6. The Labute approximate surface area is 110 Å². The molecular formula is C9H28O4Si4. The first-order chi connectivity index (χ1) is 7.12. The Morgan fingerprint density at radius 1 is 0.529 bits per heavy atom. The Bertz CT molecular complexity index is 210. The lowest BCUT2D eigenvalue weighted by atomic mass is 11.8. The third-order valence-corrected chi connectivity index (χ3v) is 11.7. The molecule has 0 heterocycles. The molecule has 104 valence electrons. The minimum absolute atomic E-state index is 1.89. The lowest BCUT2D eigenvalue weighted by Gasteiger charge is -2.37. The minimum atomic E-state index is -3.47. The molecule has 0 saturated carbocycles. The highest BCUT2D eigenvalue weighted by molar-refractivity contribution is 6.87. The van der Waals surface area contributed by atoms with Gasteiger partial charge in [-0.3, -0.25) is 0 Å². The molecule has 0 aliphatic carbocycles. The molecule has 0 bridgehead atoms. The maximum absolute atomic E-state index is 10.6. The van der Waals surface area contributed by atoms with Gasteiger partial charge in [-0.1, -0.05) is 0 Å². The lowest BCUT2D eigenvalue weighted by Crippen LogP contribution is -2.60. The molecule has 17 heavy (non-hydrogen) atoms. The Hall–Kier alpha value is 0.708. The Kier molecular flexibility index (Phi) is 5.59. The van der Waals surface area contributed by atoms with Gasteiger partial charge in [0.2, 0.25) is 0 Å². The second kappa shape index (κ2) is 5.37. The summed E-state index contributed by atoms with van der Waals surface area (Å²) in [6.07, 6.45) is 0. The van der Waals surface area contributed by atoms with Crippen molar-refractivity contribution >= 4 is 34.0 Å². The zero-order valence-electron chi connectivity index (χ0n) is 12.7. The van der Waals surface area contributed by atoms with Gasteiger partial charge in [-0.25, -0.2) is 0 Å². The second-order valence-corrected chi connectivity index (χ2v) is 23.3. The molecule has 0 aromatic heterocycles. The standard InChI is InChI=1S/C9H28O4Si4/c1-14(2,3)11-17(10,12-15(4,5)6)13-16(7,8)9/h10H,1-9H3. The molecule has 0 aromatic carbocycles. The van der Waals surface area contributed by atoms with Crippen LogP contribution in [0.4, 0.5) is 0 Å². The average Bonchev–Trinajstić information content (AvgIpc) is 1.65. The summed E-state index contributed by atoms with van der Waals surface area (Å²) in [5.74, 6) is 0. The molecule has 0 aliphatic rings. The third-order valence-electron chi connectivity index (χ3n) is 1.31. The van der Waals surface area contributed by atoms with Crippen LogP contribution in [0.25, 0.3) is 0 Å². The molecule has 0 unspecified atom stereocenters. The van der Waals surface area contributed by atoms with E-state index in [2.05, 4.69) is 0 Å². The maximum atomic E-state index is 10.6. The minimum Gasteiger partial charge on any atom is -0.395 e. The first-order valence-corrected chi connectivity index (χ1v) is 17.8. The topological polar surface area (TPSA) is 47.9 Å². The van der Waals surface area contributed by atoms with Crippen LogP contribution in [-0.2, 0) is 12.3 Å². The molecule has 1 N–H and O–H groups in total. The molecule has 0 amide bonds. The van der Waals surface area contributed by atoms with Gasteiger partial charge in [-0.05, 0) is 58.9 Å². The van der Waals surface area contributed by atoms with E-state index in [0.29, 0.717) is 0 Å². The Morgan fingerprint density at radius 2 is 0.706 bits per heavy atom. The summed E-state index contributed by atoms with van der Waals surface area (Å²) in [6.45, 7) is 18.3. The van der Waals surface area contributed by atoms with Crippen LogP contribution in [-0.4, -0.2) is 38.8 Å². The summed E-state index contributed by atoms with van der Waals surface area (Å²) >= 11 is 0. The summed E-state index contributed by atoms with van der Waals surface area (Å²) in [5.41, 5.74) is 0. The largest absolute Gasteiger partial charge is 0.644 e. The molecule has 0 atom stereocenters. The summed E-state index contributed by atoms with van der Waals surface area (Å²) < 4.78 is 17.5. The van der Waals surface area contributed by atoms with Crippen LogP contribution in [0.15, 0.2) is 0 Å². The monoisotopic (exact) mass is 312 g/mol. The van der Waals surface area contributed by atoms with E-state index in [1.54, 1.807) is 0 Å². The van der Waals surface area contributed by atoms with E-state index in [9.17, 15) is 4.80 Å². The van der Waals surface area contributed by atoms with Gasteiger partial charge in [0.15, 0.2) is 25.0 Å². The van der Waals surface area contributed by atoms with E-state index in [1.165, 1.54) is 0 Å². The van der Waals surface area contributed by atoms with Crippen molar-refractivity contribution in [3.05, 3.63) is 0 Å². The van der Waals surface area contributed by atoms with Gasteiger partial charge >= 0.3 is 9.05 Å². The molecule has 0 radical (unpaired) electrons. The molecule has 4 nitrogen and oxygen atoms in total. The van der Waals surface area contributed by atoms with Crippen LogP contribution in [0.3, 0.4) is 0 Å². The highest BCUT2D eigenvalue weighted by atomic mass is 28.5. The van der Waals surface area contributed by atoms with Crippen molar-refractivity contribution < 1.29 is 17.1 Å². The van der Waals surface area contributed by atoms with Crippen LogP contribution >= 0.6 is 0 Å². The van der Waals surface area contributed by atoms with E-state index in [4.69, 9.17) is 12.3 Å². The number of hydrogen-bond donors (Lipinski definition) is 1. The first-order valence-electron chi connectivity index (χ1n) is 5.95. The maximum Gasteiger partial charge on any atom is 0.644 e. The summed E-state index contributed by atoms with van der Waals surface area (Å²) in [7, 11) is -9.13. The predicted octanol–water partition coefficient (Wildman–Crippen LogP) is 2.97. The van der Waals surface area contributed by atoms with Crippen LogP contribution in [0.5, 0.6) is 0 Å². The van der Waals surface area contributed by atoms with E-state index in [-0.39, 0.29) is 0 Å². The van der Waals surface area contributed by atoms with Gasteiger partial charge in [-0.15, -0.1) is 0 Å². The quantitative estimate of drug-likeness (QED) is 0.766. The smallest absolute Gasteiger partial charge is 0.395 e. The van der Waals surface area contributed by atoms with E-state index >= 15 is 0 Å². The van der Waals surface area contributed by atoms with Gasteiger partial charge in [0, 0.05) is 0 Å². The Morgan fingerprint density at radius 3 is 0.824 bits per heavy atom. The molecular weight excluding hydrogens is 284 g/mol. The molecule has 0 aromatic rings. The first kappa shape index (κ1) is 17.7. The van der Waals surface area contributed by atoms with Gasteiger partial charge in [0.05, 0.1) is 0 Å².